The van der Waals surface area contributed by atoms with Gasteiger partial charge in [-0.3, -0.25) is 4.79 Å². The van der Waals surface area contributed by atoms with E-state index in [-0.39, 0.29) is 12.5 Å². The van der Waals surface area contributed by atoms with Gasteiger partial charge in [0, 0.05) is 23.5 Å². The molecule has 2 aromatic heterocycles. The molecule has 0 unspecified atom stereocenters. The summed E-state index contributed by atoms with van der Waals surface area (Å²) in [6.45, 7) is 3.13. The lowest BCUT2D eigenvalue weighted by Crippen LogP contribution is -2.19. The highest BCUT2D eigenvalue weighted by atomic mass is 16.6. The van der Waals surface area contributed by atoms with Crippen molar-refractivity contribution in [3.05, 3.63) is 66.4 Å². The number of amides is 1. The van der Waals surface area contributed by atoms with E-state index in [0.29, 0.717) is 47.8 Å². The van der Waals surface area contributed by atoms with Crippen LogP contribution in [-0.2, 0) is 11.3 Å². The van der Waals surface area contributed by atoms with Crippen molar-refractivity contribution >= 4 is 11.6 Å². The molecule has 0 saturated heterocycles. The molecule has 2 aromatic carbocycles. The molecule has 3 heterocycles. The second-order valence-corrected chi connectivity index (χ2v) is 7.22. The maximum absolute atomic E-state index is 12.6. The van der Waals surface area contributed by atoms with Gasteiger partial charge in [0.1, 0.15) is 25.5 Å². The minimum Gasteiger partial charge on any atom is -0.486 e. The second-order valence-electron chi connectivity index (χ2n) is 7.22. The van der Waals surface area contributed by atoms with Gasteiger partial charge in [0.2, 0.25) is 11.7 Å². The smallest absolute Gasteiger partial charge is 0.274 e. The minimum absolute atomic E-state index is 0.0963. The number of rotatable bonds is 5. The average Bonchev–Trinajstić information content (AvgIpc) is 3.43. The molecule has 5 rings (SSSR count). The molecular weight excluding hydrogens is 396 g/mol. The number of hydrogen-bond donors (Lipinski definition) is 1. The highest BCUT2D eigenvalue weighted by Gasteiger charge is 2.17. The predicted molar refractivity (Wildman–Crippen MR) is 114 cm³/mol. The molecule has 0 atom stereocenters. The molecule has 31 heavy (non-hydrogen) atoms. The van der Waals surface area contributed by atoms with Crippen LogP contribution in [0.3, 0.4) is 0 Å². The Kier molecular flexibility index (Phi) is 4.87. The summed E-state index contributed by atoms with van der Waals surface area (Å²) >= 11 is 0. The van der Waals surface area contributed by atoms with Crippen LogP contribution in [0.5, 0.6) is 11.5 Å². The standard InChI is InChI=1S/C23H20N4O4/c1-15-4-6-16(7-5-15)22-25-23(31-26-22)18-3-2-10-27(18)14-21(28)24-17-8-9-19-20(13-17)30-12-11-29-19/h2-10,13H,11-12,14H2,1H3,(H,24,28). The maximum Gasteiger partial charge on any atom is 0.274 e. The number of anilines is 1. The maximum atomic E-state index is 12.6. The summed E-state index contributed by atoms with van der Waals surface area (Å²) in [7, 11) is 0. The molecule has 4 aromatic rings. The summed E-state index contributed by atoms with van der Waals surface area (Å²) < 4.78 is 18.3. The molecule has 8 nitrogen and oxygen atoms in total. The number of ether oxygens (including phenoxy) is 2. The van der Waals surface area contributed by atoms with E-state index in [0.717, 1.165) is 11.1 Å². The largest absolute Gasteiger partial charge is 0.486 e. The van der Waals surface area contributed by atoms with E-state index in [1.807, 2.05) is 43.3 Å². The Morgan fingerprint density at radius 3 is 2.71 bits per heavy atom. The summed E-state index contributed by atoms with van der Waals surface area (Å²) in [5.41, 5.74) is 3.34. The Labute approximate surface area is 178 Å². The molecule has 1 amide bonds. The van der Waals surface area contributed by atoms with Crippen LogP contribution >= 0.6 is 0 Å². The number of carbonyl (C=O) groups is 1. The monoisotopic (exact) mass is 416 g/mol. The van der Waals surface area contributed by atoms with Crippen molar-refractivity contribution in [1.82, 2.24) is 14.7 Å². The zero-order valence-electron chi connectivity index (χ0n) is 16.9. The highest BCUT2D eigenvalue weighted by Crippen LogP contribution is 2.32. The summed E-state index contributed by atoms with van der Waals surface area (Å²) in [6, 6.07) is 16.9. The van der Waals surface area contributed by atoms with Gasteiger partial charge in [0.25, 0.3) is 5.89 Å². The minimum atomic E-state index is -0.188. The molecule has 1 aliphatic rings. The van der Waals surface area contributed by atoms with E-state index < -0.39 is 0 Å². The lowest BCUT2D eigenvalue weighted by atomic mass is 10.1. The fraction of sp³-hybridized carbons (Fsp3) is 0.174. The first-order valence-electron chi connectivity index (χ1n) is 9.91. The molecule has 0 bridgehead atoms. The van der Waals surface area contributed by atoms with Crippen molar-refractivity contribution in [1.29, 1.82) is 0 Å². The Morgan fingerprint density at radius 1 is 1.06 bits per heavy atom. The predicted octanol–water partition coefficient (Wildman–Crippen LogP) is 3.92. The first-order valence-corrected chi connectivity index (χ1v) is 9.91. The second kappa shape index (κ2) is 7.98. The van der Waals surface area contributed by atoms with Crippen LogP contribution in [0.2, 0.25) is 0 Å². The van der Waals surface area contributed by atoms with Gasteiger partial charge in [-0.1, -0.05) is 35.0 Å². The molecule has 156 valence electrons. The van der Waals surface area contributed by atoms with Gasteiger partial charge in [-0.15, -0.1) is 0 Å². The van der Waals surface area contributed by atoms with Crippen molar-refractivity contribution in [2.75, 3.05) is 18.5 Å². The van der Waals surface area contributed by atoms with Crippen molar-refractivity contribution in [2.45, 2.75) is 13.5 Å². The molecular formula is C23H20N4O4. The van der Waals surface area contributed by atoms with E-state index in [1.54, 1.807) is 29.0 Å². The van der Waals surface area contributed by atoms with Crippen LogP contribution in [0.25, 0.3) is 23.0 Å². The van der Waals surface area contributed by atoms with Gasteiger partial charge in [0.15, 0.2) is 11.5 Å². The van der Waals surface area contributed by atoms with E-state index in [2.05, 4.69) is 15.5 Å². The highest BCUT2D eigenvalue weighted by molar-refractivity contribution is 5.91. The Hall–Kier alpha value is -4.07. The van der Waals surface area contributed by atoms with E-state index in [9.17, 15) is 4.79 Å². The number of carbonyl (C=O) groups excluding carboxylic acids is 1. The quantitative estimate of drug-likeness (QED) is 0.530. The van der Waals surface area contributed by atoms with Crippen LogP contribution in [0.4, 0.5) is 5.69 Å². The lowest BCUT2D eigenvalue weighted by molar-refractivity contribution is -0.116. The van der Waals surface area contributed by atoms with Gasteiger partial charge in [-0.2, -0.15) is 4.98 Å². The average molecular weight is 416 g/mol. The van der Waals surface area contributed by atoms with Crippen LogP contribution < -0.4 is 14.8 Å². The SMILES string of the molecule is Cc1ccc(-c2noc(-c3cccn3CC(=O)Nc3ccc4c(c3)OCCO4)n2)cc1. The molecule has 8 heteroatoms. The topological polar surface area (TPSA) is 91.4 Å². The van der Waals surface area contributed by atoms with Crippen LogP contribution in [0.1, 0.15) is 5.56 Å². The Bertz CT molecular complexity index is 1230. The number of nitrogens with zero attached hydrogens (tertiary/aromatic N) is 3. The molecule has 0 spiro atoms. The number of hydrogen-bond acceptors (Lipinski definition) is 6. The van der Waals surface area contributed by atoms with Crippen molar-refractivity contribution in [2.24, 2.45) is 0 Å². The number of nitrogens with one attached hydrogen (secondary N) is 1. The third kappa shape index (κ3) is 4.00. The van der Waals surface area contributed by atoms with Gasteiger partial charge >= 0.3 is 0 Å². The number of benzene rings is 2. The Balaban J connectivity index is 1.30. The molecule has 0 aliphatic carbocycles. The summed E-state index contributed by atoms with van der Waals surface area (Å²) in [5.74, 6) is 1.97. The van der Waals surface area contributed by atoms with E-state index >= 15 is 0 Å². The molecule has 0 saturated carbocycles. The molecule has 0 radical (unpaired) electrons. The first-order chi connectivity index (χ1) is 15.2. The van der Waals surface area contributed by atoms with Crippen molar-refractivity contribution in [3.8, 4) is 34.5 Å². The number of fused-ring (bicyclic) bond motifs is 1. The lowest BCUT2D eigenvalue weighted by Gasteiger charge is -2.19. The number of aryl methyl sites for hydroxylation is 1. The van der Waals surface area contributed by atoms with E-state index in [1.165, 1.54) is 0 Å². The zero-order chi connectivity index (χ0) is 21.2. The van der Waals surface area contributed by atoms with E-state index in [4.69, 9.17) is 14.0 Å². The van der Waals surface area contributed by atoms with Gasteiger partial charge in [-0.05, 0) is 31.2 Å². The van der Waals surface area contributed by atoms with Crippen molar-refractivity contribution < 1.29 is 18.8 Å². The summed E-state index contributed by atoms with van der Waals surface area (Å²) in [4.78, 5) is 17.1. The normalized spacial score (nSPS) is 12.5. The summed E-state index contributed by atoms with van der Waals surface area (Å²) in [5, 5.41) is 6.96. The molecule has 1 aliphatic heterocycles. The number of aromatic nitrogens is 3. The molecule has 0 fully saturated rings. The third-order valence-electron chi connectivity index (χ3n) is 4.92. The van der Waals surface area contributed by atoms with Crippen LogP contribution in [0.15, 0.2) is 65.3 Å². The van der Waals surface area contributed by atoms with Gasteiger partial charge in [-0.25, -0.2) is 0 Å². The Morgan fingerprint density at radius 2 is 1.87 bits per heavy atom. The van der Waals surface area contributed by atoms with Crippen LogP contribution in [0, 0.1) is 6.92 Å². The fourth-order valence-corrected chi connectivity index (χ4v) is 3.37. The van der Waals surface area contributed by atoms with Crippen LogP contribution in [-0.4, -0.2) is 33.8 Å². The first kappa shape index (κ1) is 18.9. The molecule has 1 N–H and O–H groups in total. The summed E-state index contributed by atoms with van der Waals surface area (Å²) in [6.07, 6.45) is 1.80. The van der Waals surface area contributed by atoms with Crippen molar-refractivity contribution in [3.63, 3.8) is 0 Å². The zero-order valence-corrected chi connectivity index (χ0v) is 16.9. The fourth-order valence-electron chi connectivity index (χ4n) is 3.37. The van der Waals surface area contributed by atoms with Gasteiger partial charge in [0.05, 0.1) is 0 Å². The van der Waals surface area contributed by atoms with Gasteiger partial charge < -0.3 is 23.9 Å². The third-order valence-corrected chi connectivity index (χ3v) is 4.92.